The van der Waals surface area contributed by atoms with E-state index in [1.54, 1.807) is 24.3 Å². The highest BCUT2D eigenvalue weighted by Crippen LogP contribution is 1.95. The highest BCUT2D eigenvalue weighted by atomic mass is 16.4. The first-order valence-corrected chi connectivity index (χ1v) is 2.92. The molecule has 0 saturated carbocycles. The zero-order chi connectivity index (χ0) is 7.56. The molecule has 0 heterocycles. The predicted molar refractivity (Wildman–Crippen MR) is 44.3 cm³/mol. The molecule has 0 atom stereocenters. The van der Waals surface area contributed by atoms with Gasteiger partial charge in [0.05, 0.1) is 0 Å². The van der Waals surface area contributed by atoms with Crippen LogP contribution in [-0.4, -0.2) is 22.6 Å². The van der Waals surface area contributed by atoms with Crippen LogP contribution < -0.4 is 11.2 Å². The molecule has 5 heteroatoms. The number of nitrogen functional groups attached to an aromatic ring is 1. The Balaban J connectivity index is 0.000001000. The van der Waals surface area contributed by atoms with Gasteiger partial charge in [-0.2, -0.15) is 0 Å². The van der Waals surface area contributed by atoms with Gasteiger partial charge in [-0.3, -0.25) is 0 Å². The molecule has 1 rings (SSSR count). The highest BCUT2D eigenvalue weighted by molar-refractivity contribution is 6.58. The van der Waals surface area contributed by atoms with Crippen molar-refractivity contribution in [1.82, 2.24) is 0 Å². The summed E-state index contributed by atoms with van der Waals surface area (Å²) in [4.78, 5) is 0. The lowest BCUT2D eigenvalue weighted by molar-refractivity contribution is 0.426. The fraction of sp³-hybridized carbons (Fsp3) is 0. The van der Waals surface area contributed by atoms with Gasteiger partial charge in [0.25, 0.3) is 0 Å². The molecule has 1 aromatic rings. The van der Waals surface area contributed by atoms with E-state index in [9.17, 15) is 0 Å². The number of rotatable bonds is 1. The first-order chi connectivity index (χ1) is 4.70. The highest BCUT2D eigenvalue weighted by Gasteiger charge is 2.08. The molecular weight excluding hydrogens is 145 g/mol. The molecule has 0 fully saturated rings. The molecule has 1 aromatic carbocycles. The van der Waals surface area contributed by atoms with Gasteiger partial charge in [-0.25, -0.2) is 0 Å². The Labute approximate surface area is 64.7 Å². The summed E-state index contributed by atoms with van der Waals surface area (Å²) in [5.74, 6) is 0. The van der Waals surface area contributed by atoms with Gasteiger partial charge >= 0.3 is 7.12 Å². The van der Waals surface area contributed by atoms with Crippen molar-refractivity contribution in [3.05, 3.63) is 24.3 Å². The summed E-state index contributed by atoms with van der Waals surface area (Å²) in [6, 6.07) is 6.38. The van der Waals surface area contributed by atoms with Gasteiger partial charge in [0.2, 0.25) is 0 Å². The largest absolute Gasteiger partial charge is 0.488 e. The minimum atomic E-state index is -1.40. The van der Waals surface area contributed by atoms with Gasteiger partial charge in [-0.1, -0.05) is 12.1 Å². The zero-order valence-corrected chi connectivity index (χ0v) is 5.86. The average molecular weight is 155 g/mol. The van der Waals surface area contributed by atoms with Crippen molar-refractivity contribution in [2.24, 2.45) is 0 Å². The molecular formula is C6H10BNO3. The molecule has 4 nitrogen and oxygen atoms in total. The van der Waals surface area contributed by atoms with Gasteiger partial charge < -0.3 is 21.3 Å². The van der Waals surface area contributed by atoms with Crippen molar-refractivity contribution >= 4 is 18.3 Å². The van der Waals surface area contributed by atoms with E-state index in [1.165, 1.54) is 0 Å². The standard InChI is InChI=1S/C6H8BNO2.H2O/c8-6-3-1-5(2-4-6)7(9)10;/h1-4,9-10H,8H2;1H2. The Morgan fingerprint density at radius 2 is 1.55 bits per heavy atom. The summed E-state index contributed by atoms with van der Waals surface area (Å²) in [5.41, 5.74) is 6.43. The summed E-state index contributed by atoms with van der Waals surface area (Å²) < 4.78 is 0. The van der Waals surface area contributed by atoms with Gasteiger partial charge in [-0.15, -0.1) is 0 Å². The van der Waals surface area contributed by atoms with Crippen molar-refractivity contribution in [3.8, 4) is 0 Å². The van der Waals surface area contributed by atoms with E-state index in [0.717, 1.165) is 0 Å². The topological polar surface area (TPSA) is 98.0 Å². The quantitative estimate of drug-likeness (QED) is 0.327. The van der Waals surface area contributed by atoms with Crippen molar-refractivity contribution in [2.45, 2.75) is 0 Å². The first-order valence-electron chi connectivity index (χ1n) is 2.92. The van der Waals surface area contributed by atoms with Crippen LogP contribution >= 0.6 is 0 Å². The molecule has 0 saturated heterocycles. The maximum Gasteiger partial charge on any atom is 0.488 e. The summed E-state index contributed by atoms with van der Waals surface area (Å²) in [5, 5.41) is 17.3. The number of anilines is 1. The number of nitrogens with two attached hydrogens (primary N) is 1. The van der Waals surface area contributed by atoms with Crippen LogP contribution in [0.3, 0.4) is 0 Å². The van der Waals surface area contributed by atoms with E-state index in [0.29, 0.717) is 11.2 Å². The zero-order valence-electron chi connectivity index (χ0n) is 5.86. The Kier molecular flexibility index (Phi) is 3.60. The SMILES string of the molecule is Nc1ccc(B(O)O)cc1.O. The van der Waals surface area contributed by atoms with Crippen LogP contribution in [0.25, 0.3) is 0 Å². The van der Waals surface area contributed by atoms with Crippen LogP contribution in [0.15, 0.2) is 24.3 Å². The average Bonchev–Trinajstić information content (AvgIpc) is 1.88. The second-order valence-corrected chi connectivity index (χ2v) is 2.04. The van der Waals surface area contributed by atoms with E-state index < -0.39 is 7.12 Å². The monoisotopic (exact) mass is 155 g/mol. The summed E-state index contributed by atoms with van der Waals surface area (Å²) >= 11 is 0. The summed E-state index contributed by atoms with van der Waals surface area (Å²) in [6.45, 7) is 0. The van der Waals surface area contributed by atoms with E-state index >= 15 is 0 Å². The van der Waals surface area contributed by atoms with Crippen LogP contribution in [0, 0.1) is 0 Å². The molecule has 0 aromatic heterocycles. The predicted octanol–water partition coefficient (Wildman–Crippen LogP) is -1.88. The van der Waals surface area contributed by atoms with Gasteiger partial charge in [0, 0.05) is 5.69 Å². The molecule has 0 radical (unpaired) electrons. The molecule has 0 aliphatic heterocycles. The molecule has 0 unspecified atom stereocenters. The maximum atomic E-state index is 8.63. The van der Waals surface area contributed by atoms with E-state index in [1.807, 2.05) is 0 Å². The van der Waals surface area contributed by atoms with Crippen molar-refractivity contribution < 1.29 is 15.5 Å². The second-order valence-electron chi connectivity index (χ2n) is 2.04. The number of benzene rings is 1. The van der Waals surface area contributed by atoms with Crippen LogP contribution in [0.5, 0.6) is 0 Å². The maximum absolute atomic E-state index is 8.63. The molecule has 11 heavy (non-hydrogen) atoms. The fourth-order valence-electron chi connectivity index (χ4n) is 0.668. The molecule has 60 valence electrons. The molecule has 0 bridgehead atoms. The third-order valence-electron chi connectivity index (χ3n) is 1.23. The lowest BCUT2D eigenvalue weighted by atomic mass is 9.80. The molecule has 6 N–H and O–H groups in total. The van der Waals surface area contributed by atoms with Crippen LogP contribution in [0.4, 0.5) is 5.69 Å². The molecule has 0 spiro atoms. The lowest BCUT2D eigenvalue weighted by Gasteiger charge is -1.97. The van der Waals surface area contributed by atoms with E-state index in [4.69, 9.17) is 15.8 Å². The third kappa shape index (κ3) is 2.59. The van der Waals surface area contributed by atoms with Gasteiger partial charge in [0.15, 0.2) is 0 Å². The number of hydrogen-bond donors (Lipinski definition) is 3. The Morgan fingerprint density at radius 3 is 1.91 bits per heavy atom. The van der Waals surface area contributed by atoms with Crippen molar-refractivity contribution in [1.29, 1.82) is 0 Å². The molecule has 0 aliphatic rings. The number of hydrogen-bond acceptors (Lipinski definition) is 3. The lowest BCUT2D eigenvalue weighted by Crippen LogP contribution is -2.29. The summed E-state index contributed by atoms with van der Waals surface area (Å²) in [6.07, 6.45) is 0. The van der Waals surface area contributed by atoms with E-state index in [-0.39, 0.29) is 5.48 Å². The minimum Gasteiger partial charge on any atom is -0.423 e. The summed E-state index contributed by atoms with van der Waals surface area (Å²) in [7, 11) is -1.40. The Bertz CT molecular complexity index is 212. The van der Waals surface area contributed by atoms with Crippen molar-refractivity contribution in [2.75, 3.05) is 5.73 Å². The smallest absolute Gasteiger partial charge is 0.423 e. The minimum absolute atomic E-state index is 0. The van der Waals surface area contributed by atoms with Crippen molar-refractivity contribution in [3.63, 3.8) is 0 Å². The second kappa shape index (κ2) is 3.97. The van der Waals surface area contributed by atoms with E-state index in [2.05, 4.69) is 0 Å². The Morgan fingerprint density at radius 1 is 1.09 bits per heavy atom. The van der Waals surface area contributed by atoms with Crippen LogP contribution in [-0.2, 0) is 0 Å². The van der Waals surface area contributed by atoms with Gasteiger partial charge in [0.1, 0.15) is 0 Å². The fourth-order valence-corrected chi connectivity index (χ4v) is 0.668. The van der Waals surface area contributed by atoms with Gasteiger partial charge in [-0.05, 0) is 17.6 Å². The first kappa shape index (κ1) is 9.96. The molecule has 0 amide bonds. The normalized spacial score (nSPS) is 8.55. The Hall–Kier alpha value is -1.04. The third-order valence-corrected chi connectivity index (χ3v) is 1.23. The molecule has 0 aliphatic carbocycles. The van der Waals surface area contributed by atoms with Crippen LogP contribution in [0.2, 0.25) is 0 Å². The van der Waals surface area contributed by atoms with Crippen LogP contribution in [0.1, 0.15) is 0 Å².